The molecule has 1 N–H and O–H groups in total. The minimum absolute atomic E-state index is 0.145. The normalized spacial score (nSPS) is 17.2. The monoisotopic (exact) mass is 445 g/mol. The summed E-state index contributed by atoms with van der Waals surface area (Å²) >= 11 is 0. The van der Waals surface area contributed by atoms with Crippen LogP contribution in [-0.2, 0) is 24.3 Å². The number of hydrogen-bond donors (Lipinski definition) is 1. The van der Waals surface area contributed by atoms with Crippen molar-refractivity contribution in [1.29, 1.82) is 0 Å². The number of nitrogens with zero attached hydrogens (tertiary/aromatic N) is 2. The lowest BCUT2D eigenvalue weighted by Crippen LogP contribution is -2.37. The second kappa shape index (κ2) is 8.46. The number of hydrogen-bond acceptors (Lipinski definition) is 7. The molecule has 1 aromatic rings. The zero-order chi connectivity index (χ0) is 22.8. The van der Waals surface area contributed by atoms with Gasteiger partial charge in [0.1, 0.15) is 5.84 Å². The summed E-state index contributed by atoms with van der Waals surface area (Å²) in [7, 11) is -3.48. The maximum atomic E-state index is 12.3. The third-order valence-electron chi connectivity index (χ3n) is 4.54. The number of sulfonamides is 1. The number of ketones is 1. The first-order valence-corrected chi connectivity index (χ1v) is 11.2. The van der Waals surface area contributed by atoms with Gasteiger partial charge in [0.2, 0.25) is 5.91 Å². The van der Waals surface area contributed by atoms with E-state index in [0.29, 0.717) is 11.3 Å². The van der Waals surface area contributed by atoms with Crippen LogP contribution in [-0.4, -0.2) is 55.7 Å². The third-order valence-corrected chi connectivity index (χ3v) is 5.70. The molecular weight excluding hydrogens is 422 g/mol. The van der Waals surface area contributed by atoms with Crippen LogP contribution in [0.15, 0.2) is 52.6 Å². The van der Waals surface area contributed by atoms with Crippen LogP contribution in [0.3, 0.4) is 0 Å². The van der Waals surface area contributed by atoms with Crippen molar-refractivity contribution >= 4 is 39.2 Å². The van der Waals surface area contributed by atoms with E-state index >= 15 is 0 Å². The average Bonchev–Trinajstić information content (AvgIpc) is 2.70. The summed E-state index contributed by atoms with van der Waals surface area (Å²) in [5.74, 6) is -1.15. The molecule has 2 aliphatic rings. The molecule has 0 radical (unpaired) electrons. The number of fused-ring (bicyclic) bond motifs is 1. The van der Waals surface area contributed by atoms with Gasteiger partial charge in [0.25, 0.3) is 10.0 Å². The molecular formula is C21H23N3O6S. The highest BCUT2D eigenvalue weighted by atomic mass is 32.2. The van der Waals surface area contributed by atoms with Crippen LogP contribution in [0.4, 0.5) is 5.69 Å². The first-order valence-electron chi connectivity index (χ1n) is 9.56. The van der Waals surface area contributed by atoms with Crippen molar-refractivity contribution in [2.24, 2.45) is 9.81 Å². The zero-order valence-electron chi connectivity index (χ0n) is 17.4. The molecule has 0 unspecified atom stereocenters. The van der Waals surface area contributed by atoms with Crippen LogP contribution in [0.1, 0.15) is 31.1 Å². The van der Waals surface area contributed by atoms with Crippen molar-refractivity contribution in [3.8, 4) is 0 Å². The smallest absolute Gasteiger partial charge is 0.340 e. The number of Topliss-reactive ketones (excluding diaryl/α,β-unsaturated/α-hetero) is 1. The highest BCUT2D eigenvalue weighted by Crippen LogP contribution is 2.19. The highest BCUT2D eigenvalue weighted by molar-refractivity contribution is 7.90. The summed E-state index contributed by atoms with van der Waals surface area (Å²) in [5, 5.41) is 2.77. The number of amides is 1. The van der Waals surface area contributed by atoms with E-state index in [2.05, 4.69) is 9.71 Å². The first kappa shape index (κ1) is 22.4. The number of carbonyl (C=O) groups is 3. The van der Waals surface area contributed by atoms with Gasteiger partial charge >= 0.3 is 5.97 Å². The number of esters is 1. The summed E-state index contributed by atoms with van der Waals surface area (Å²) in [6.07, 6.45) is 4.27. The van der Waals surface area contributed by atoms with Crippen molar-refractivity contribution in [1.82, 2.24) is 4.90 Å². The summed E-state index contributed by atoms with van der Waals surface area (Å²) in [5.41, 5.74) is 0.545. The molecule has 3 rings (SSSR count). The fourth-order valence-electron chi connectivity index (χ4n) is 2.68. The van der Waals surface area contributed by atoms with Gasteiger partial charge in [0, 0.05) is 29.4 Å². The predicted molar refractivity (Wildman–Crippen MR) is 115 cm³/mol. The number of benzene rings is 1. The molecule has 0 saturated carbocycles. The summed E-state index contributed by atoms with van der Waals surface area (Å²) in [4.78, 5) is 38.2. The molecule has 9 nitrogen and oxygen atoms in total. The molecule has 1 aromatic carbocycles. The van der Waals surface area contributed by atoms with E-state index < -0.39 is 33.8 Å². The van der Waals surface area contributed by atoms with E-state index in [0.717, 1.165) is 0 Å². The number of rotatable bonds is 5. The van der Waals surface area contributed by atoms with E-state index in [1.54, 1.807) is 49.9 Å². The molecule has 0 atom stereocenters. The van der Waals surface area contributed by atoms with E-state index in [1.165, 1.54) is 18.4 Å². The zero-order valence-corrected chi connectivity index (χ0v) is 18.2. The molecule has 164 valence electrons. The topological polar surface area (TPSA) is 122 Å². The van der Waals surface area contributed by atoms with Gasteiger partial charge in [-0.2, -0.15) is 0 Å². The molecule has 10 heteroatoms. The Balaban J connectivity index is 1.56. The Morgan fingerprint density at radius 1 is 1.13 bits per heavy atom. The van der Waals surface area contributed by atoms with Crippen LogP contribution in [0.5, 0.6) is 0 Å². The van der Waals surface area contributed by atoms with Gasteiger partial charge in [0.15, 0.2) is 12.4 Å². The van der Waals surface area contributed by atoms with E-state index in [9.17, 15) is 22.8 Å². The quantitative estimate of drug-likeness (QED) is 0.542. The highest BCUT2D eigenvalue weighted by Gasteiger charge is 2.26. The van der Waals surface area contributed by atoms with Gasteiger partial charge in [-0.05, 0) is 36.4 Å². The molecule has 2 heterocycles. The van der Waals surface area contributed by atoms with Gasteiger partial charge in [-0.15, -0.1) is 4.40 Å². The molecule has 0 fully saturated rings. The Kier molecular flexibility index (Phi) is 6.12. The second-order valence-electron chi connectivity index (χ2n) is 8.13. The number of ether oxygens (including phenoxy) is 1. The number of carbonyl (C=O) groups excluding carboxylic acids is 3. The lowest BCUT2D eigenvalue weighted by molar-refractivity contribution is -0.137. The number of nitrogens with one attached hydrogen (secondary N) is 1. The fraction of sp³-hybridized carbons (Fsp3) is 0.333. The number of amidine groups is 1. The molecule has 1 amide bonds. The van der Waals surface area contributed by atoms with Crippen molar-refractivity contribution in [2.45, 2.75) is 20.8 Å². The Morgan fingerprint density at radius 3 is 2.45 bits per heavy atom. The maximum absolute atomic E-state index is 12.3. The van der Waals surface area contributed by atoms with E-state index in [1.807, 2.05) is 0 Å². The summed E-state index contributed by atoms with van der Waals surface area (Å²) < 4.78 is 31.8. The minimum Gasteiger partial charge on any atom is -0.454 e. The minimum atomic E-state index is -3.48. The second-order valence-corrected chi connectivity index (χ2v) is 9.88. The maximum Gasteiger partial charge on any atom is 0.340 e. The fourth-order valence-corrected chi connectivity index (χ4v) is 3.65. The molecule has 0 saturated heterocycles. The van der Waals surface area contributed by atoms with Crippen LogP contribution in [0.25, 0.3) is 0 Å². The van der Waals surface area contributed by atoms with Gasteiger partial charge in [0.05, 0.1) is 11.3 Å². The van der Waals surface area contributed by atoms with Gasteiger partial charge in [-0.3, -0.25) is 9.59 Å². The lowest BCUT2D eigenvalue weighted by Gasteiger charge is -2.26. The lowest BCUT2D eigenvalue weighted by atomic mass is 9.95. The van der Waals surface area contributed by atoms with Crippen LogP contribution >= 0.6 is 0 Å². The summed E-state index contributed by atoms with van der Waals surface area (Å²) in [6, 6.07) is 6.31. The largest absolute Gasteiger partial charge is 0.454 e. The average molecular weight is 445 g/mol. The first-order chi connectivity index (χ1) is 14.4. The molecule has 31 heavy (non-hydrogen) atoms. The molecule has 0 bridgehead atoms. The number of anilines is 1. The Labute approximate surface area is 180 Å². The standard InChI is InChI=1S/C21H23N3O6S/c1-21(2,3)20(27)22-16-7-4-14(5-8-16)17(25)13-30-19(26)15-6-9-18-23-31(28,29)11-10-24(18)12-15/h4-9,12H,10-11,13H2,1-3H3,(H,22,27). The van der Waals surface area contributed by atoms with Crippen LogP contribution in [0.2, 0.25) is 0 Å². The van der Waals surface area contributed by atoms with Crippen LogP contribution < -0.4 is 5.32 Å². The molecule has 2 aliphatic heterocycles. The van der Waals surface area contributed by atoms with Crippen molar-refractivity contribution in [2.75, 3.05) is 24.2 Å². The Morgan fingerprint density at radius 2 is 1.81 bits per heavy atom. The third kappa shape index (κ3) is 5.66. The molecule has 0 aromatic heterocycles. The summed E-state index contributed by atoms with van der Waals surface area (Å²) in [6.45, 7) is 5.12. The molecule has 0 spiro atoms. The van der Waals surface area contributed by atoms with Gasteiger partial charge in [-0.25, -0.2) is 13.2 Å². The van der Waals surface area contributed by atoms with Crippen molar-refractivity contribution in [3.63, 3.8) is 0 Å². The van der Waals surface area contributed by atoms with Gasteiger partial charge < -0.3 is 15.0 Å². The van der Waals surface area contributed by atoms with E-state index in [-0.39, 0.29) is 29.6 Å². The van der Waals surface area contributed by atoms with Crippen molar-refractivity contribution < 1.29 is 27.5 Å². The molecule has 0 aliphatic carbocycles. The van der Waals surface area contributed by atoms with E-state index in [4.69, 9.17) is 4.74 Å². The Bertz CT molecular complexity index is 1110. The van der Waals surface area contributed by atoms with Crippen molar-refractivity contribution in [3.05, 3.63) is 53.8 Å². The SMILES string of the molecule is CC(C)(C)C(=O)Nc1ccc(C(=O)COC(=O)C2=CN3CCS(=O)(=O)N=C3C=C2)cc1. The predicted octanol–water partition coefficient (Wildman–Crippen LogP) is 1.89. The van der Waals surface area contributed by atoms with Crippen LogP contribution in [0, 0.1) is 5.41 Å². The Hall–Kier alpha value is -3.27. The van der Waals surface area contributed by atoms with Gasteiger partial charge in [-0.1, -0.05) is 20.8 Å².